The smallest absolute Gasteiger partial charge is 0.324 e. The first-order valence-corrected chi connectivity index (χ1v) is 14.5. The summed E-state index contributed by atoms with van der Waals surface area (Å²) in [5.74, 6) is -1.25. The third-order valence-corrected chi connectivity index (χ3v) is 8.78. The van der Waals surface area contributed by atoms with Gasteiger partial charge >= 0.3 is 5.97 Å². The van der Waals surface area contributed by atoms with Gasteiger partial charge in [0.1, 0.15) is 17.6 Å². The lowest BCUT2D eigenvalue weighted by atomic mass is 9.87. The number of benzene rings is 3. The second-order valence-corrected chi connectivity index (χ2v) is 12.4. The topological polar surface area (TPSA) is 119 Å². The summed E-state index contributed by atoms with van der Waals surface area (Å²) >= 11 is 0. The molecule has 3 aromatic rings. The minimum Gasteiger partial charge on any atom is -0.480 e. The van der Waals surface area contributed by atoms with Gasteiger partial charge < -0.3 is 20.1 Å². The number of nitrogens with zero attached hydrogens (tertiary/aromatic N) is 2. The molecule has 0 saturated carbocycles. The van der Waals surface area contributed by atoms with E-state index < -0.39 is 39.6 Å². The van der Waals surface area contributed by atoms with E-state index in [0.29, 0.717) is 16.9 Å². The monoisotopic (exact) mass is 583 g/mol. The molecule has 0 bridgehead atoms. The van der Waals surface area contributed by atoms with Crippen LogP contribution in [-0.2, 0) is 36.4 Å². The molecule has 4 rings (SSSR count). The number of halogens is 1. The van der Waals surface area contributed by atoms with Crippen molar-refractivity contribution in [3.05, 3.63) is 95.3 Å². The van der Waals surface area contributed by atoms with Crippen molar-refractivity contribution >= 4 is 21.9 Å². The summed E-state index contributed by atoms with van der Waals surface area (Å²) < 4.78 is 54.1. The van der Waals surface area contributed by atoms with Gasteiger partial charge in [0.15, 0.2) is 11.7 Å². The fraction of sp³-hybridized carbons (Fsp3) is 0.333. The average Bonchev–Trinajstić information content (AvgIpc) is 2.92. The van der Waals surface area contributed by atoms with Crippen LogP contribution in [0.1, 0.15) is 23.6 Å². The summed E-state index contributed by atoms with van der Waals surface area (Å²) in [4.78, 5) is 25.8. The number of carbonyl (C=O) groups is 2. The molecule has 1 fully saturated rings. The van der Waals surface area contributed by atoms with Gasteiger partial charge in [-0.2, -0.15) is 4.31 Å². The molecule has 0 aromatic heterocycles. The van der Waals surface area contributed by atoms with E-state index in [1.165, 1.54) is 34.3 Å². The molecule has 2 N–H and O–H groups in total. The van der Waals surface area contributed by atoms with Gasteiger partial charge in [-0.1, -0.05) is 48.5 Å². The van der Waals surface area contributed by atoms with Crippen molar-refractivity contribution in [1.29, 1.82) is 0 Å². The van der Waals surface area contributed by atoms with Crippen LogP contribution in [0.5, 0.6) is 5.75 Å². The number of sulfonamides is 1. The summed E-state index contributed by atoms with van der Waals surface area (Å²) in [5.41, 5.74) is 6.79. The fourth-order valence-electron chi connectivity index (χ4n) is 4.60. The van der Waals surface area contributed by atoms with Crippen molar-refractivity contribution in [1.82, 2.24) is 9.21 Å². The minimum absolute atomic E-state index is 0.0150. The first kappa shape index (κ1) is 30.2. The maximum Gasteiger partial charge on any atom is 0.324 e. The first-order chi connectivity index (χ1) is 19.3. The Morgan fingerprint density at radius 2 is 1.73 bits per heavy atom. The van der Waals surface area contributed by atoms with E-state index in [-0.39, 0.29) is 30.3 Å². The summed E-state index contributed by atoms with van der Waals surface area (Å²) in [6, 6.07) is 18.9. The van der Waals surface area contributed by atoms with Crippen LogP contribution in [0, 0.1) is 12.7 Å². The van der Waals surface area contributed by atoms with Crippen LogP contribution in [0.2, 0.25) is 0 Å². The van der Waals surface area contributed by atoms with E-state index in [4.69, 9.17) is 15.2 Å². The number of carbonyl (C=O) groups excluding carboxylic acids is 2. The summed E-state index contributed by atoms with van der Waals surface area (Å²) in [5, 5.41) is 0. The Labute approximate surface area is 239 Å². The van der Waals surface area contributed by atoms with Gasteiger partial charge in [0.05, 0.1) is 18.0 Å². The molecule has 218 valence electrons. The van der Waals surface area contributed by atoms with Gasteiger partial charge in [-0.3, -0.25) is 9.59 Å². The number of nitrogens with two attached hydrogens (primary N) is 1. The van der Waals surface area contributed by atoms with E-state index in [1.807, 2.05) is 30.3 Å². The van der Waals surface area contributed by atoms with Crippen LogP contribution in [-0.4, -0.2) is 68.8 Å². The molecular formula is C30H34FN3O6S. The summed E-state index contributed by atoms with van der Waals surface area (Å²) in [7, 11) is -0.833. The fourth-order valence-corrected chi connectivity index (χ4v) is 6.20. The number of rotatable bonds is 10. The zero-order chi connectivity index (χ0) is 29.9. The molecule has 1 aliphatic heterocycles. The van der Waals surface area contributed by atoms with Crippen molar-refractivity contribution in [2.75, 3.05) is 27.2 Å². The molecule has 1 heterocycles. The third-order valence-electron chi connectivity index (χ3n) is 7.00. The van der Waals surface area contributed by atoms with Crippen LogP contribution in [0.4, 0.5) is 4.39 Å². The largest absolute Gasteiger partial charge is 0.480 e. The second kappa shape index (κ2) is 12.0. The number of aryl methyl sites for hydroxylation is 1. The molecular weight excluding hydrogens is 549 g/mol. The average molecular weight is 584 g/mol. The highest BCUT2D eigenvalue weighted by Gasteiger charge is 2.52. The van der Waals surface area contributed by atoms with Crippen LogP contribution in [0.25, 0.3) is 0 Å². The lowest BCUT2D eigenvalue weighted by Crippen LogP contribution is -2.64. The van der Waals surface area contributed by atoms with Crippen molar-refractivity contribution in [2.24, 2.45) is 5.73 Å². The number of ether oxygens (including phenoxy) is 2. The predicted molar refractivity (Wildman–Crippen MR) is 151 cm³/mol. The highest BCUT2D eigenvalue weighted by Crippen LogP contribution is 2.40. The zero-order valence-corrected chi connectivity index (χ0v) is 24.2. The highest BCUT2D eigenvalue weighted by molar-refractivity contribution is 7.89. The number of hydrogen-bond donors (Lipinski definition) is 1. The first-order valence-electron chi connectivity index (χ1n) is 13.1. The predicted octanol–water partition coefficient (Wildman–Crippen LogP) is 3.00. The Balaban J connectivity index is 1.49. The zero-order valence-electron chi connectivity index (χ0n) is 23.4. The minimum atomic E-state index is -3.93. The summed E-state index contributed by atoms with van der Waals surface area (Å²) in [6.45, 7) is 3.15. The van der Waals surface area contributed by atoms with E-state index in [0.717, 1.165) is 5.56 Å². The van der Waals surface area contributed by atoms with Crippen molar-refractivity contribution in [3.63, 3.8) is 0 Å². The van der Waals surface area contributed by atoms with Crippen molar-refractivity contribution < 1.29 is 31.9 Å². The molecule has 41 heavy (non-hydrogen) atoms. The molecule has 11 heteroatoms. The molecule has 2 atom stereocenters. The number of hydrogen-bond acceptors (Lipinski definition) is 7. The molecule has 9 nitrogen and oxygen atoms in total. The number of amides is 1. The van der Waals surface area contributed by atoms with Gasteiger partial charge in [-0.05, 0) is 55.2 Å². The van der Waals surface area contributed by atoms with Crippen molar-refractivity contribution in [3.8, 4) is 5.75 Å². The van der Waals surface area contributed by atoms with E-state index >= 15 is 0 Å². The summed E-state index contributed by atoms with van der Waals surface area (Å²) in [6.07, 6.45) is -0.980. The lowest BCUT2D eigenvalue weighted by molar-refractivity contribution is -0.159. The van der Waals surface area contributed by atoms with Crippen LogP contribution < -0.4 is 10.5 Å². The standard InChI is InChI=1S/C30H34FN3O6S/c1-20-13-14-24(17-26(20)31)40-30(23-10-6-5-7-11-23)18-34(19-30)41(37,38)25-12-8-9-22(15-25)16-27(32)29(36)39-21(2)28(35)33(3)4/h5-15,17,21,27H,16,18-19,32H2,1-4H3/t21?,27-/m0/s1. The van der Waals surface area contributed by atoms with Gasteiger partial charge in [0, 0.05) is 20.2 Å². The van der Waals surface area contributed by atoms with Crippen LogP contribution in [0.15, 0.2) is 77.7 Å². The quantitative estimate of drug-likeness (QED) is 0.365. The normalized spacial score (nSPS) is 16.2. The van der Waals surface area contributed by atoms with Gasteiger partial charge in [-0.25, -0.2) is 12.8 Å². The maximum absolute atomic E-state index is 14.2. The molecule has 1 amide bonds. The number of esters is 1. The lowest BCUT2D eigenvalue weighted by Gasteiger charge is -2.48. The molecule has 0 aliphatic carbocycles. The molecule has 0 spiro atoms. The van der Waals surface area contributed by atoms with E-state index in [1.54, 1.807) is 45.3 Å². The van der Waals surface area contributed by atoms with Crippen LogP contribution in [0.3, 0.4) is 0 Å². The molecule has 1 unspecified atom stereocenters. The van der Waals surface area contributed by atoms with E-state index in [9.17, 15) is 22.4 Å². The third kappa shape index (κ3) is 6.58. The van der Waals surface area contributed by atoms with Crippen molar-refractivity contribution in [2.45, 2.75) is 42.9 Å². The van der Waals surface area contributed by atoms with E-state index in [2.05, 4.69) is 0 Å². The number of likely N-dealkylation sites (N-methyl/N-ethyl adjacent to an activating group) is 1. The van der Waals surface area contributed by atoms with Gasteiger partial charge in [0.2, 0.25) is 10.0 Å². The Bertz CT molecular complexity index is 1520. The van der Waals surface area contributed by atoms with Gasteiger partial charge in [0.25, 0.3) is 5.91 Å². The SMILES string of the molecule is Cc1ccc(OC2(c3ccccc3)CN(S(=O)(=O)c3cccc(C[C@H](N)C(=O)OC(C)C(=O)N(C)C)c3)C2)cc1F. The Morgan fingerprint density at radius 3 is 2.37 bits per heavy atom. The second-order valence-electron chi connectivity index (χ2n) is 10.4. The molecule has 3 aromatic carbocycles. The molecule has 1 aliphatic rings. The van der Waals surface area contributed by atoms with Gasteiger partial charge in [-0.15, -0.1) is 0 Å². The Morgan fingerprint density at radius 1 is 1.05 bits per heavy atom. The Hall–Kier alpha value is -3.80. The molecule has 0 radical (unpaired) electrons. The van der Waals surface area contributed by atoms with Crippen LogP contribution >= 0.6 is 0 Å². The molecule has 1 saturated heterocycles. The Kier molecular flexibility index (Phi) is 8.81. The maximum atomic E-state index is 14.2. The highest BCUT2D eigenvalue weighted by atomic mass is 32.2.